The second-order valence-electron chi connectivity index (χ2n) is 8.48. The van der Waals surface area contributed by atoms with Crippen LogP contribution in [0.4, 0.5) is 4.79 Å². The van der Waals surface area contributed by atoms with Crippen LogP contribution in [-0.4, -0.2) is 55.1 Å². The summed E-state index contributed by atoms with van der Waals surface area (Å²) >= 11 is 0. The molecule has 10 heteroatoms. The highest BCUT2D eigenvalue weighted by molar-refractivity contribution is 7.89. The van der Waals surface area contributed by atoms with Crippen molar-refractivity contribution >= 4 is 27.9 Å². The first kappa shape index (κ1) is 25.4. The highest BCUT2D eigenvalue weighted by Gasteiger charge is 2.51. The van der Waals surface area contributed by atoms with Crippen LogP contribution in [0.3, 0.4) is 0 Å². The molecule has 0 aromatic heterocycles. The summed E-state index contributed by atoms with van der Waals surface area (Å²) in [7, 11) is -2.07. The number of amides is 4. The van der Waals surface area contributed by atoms with Gasteiger partial charge in [-0.2, -0.15) is 4.31 Å². The van der Waals surface area contributed by atoms with Crippen LogP contribution in [0, 0.1) is 0 Å². The first-order valence-corrected chi connectivity index (χ1v) is 12.5. The Labute approximate surface area is 200 Å². The summed E-state index contributed by atoms with van der Waals surface area (Å²) in [6.45, 7) is 5.09. The van der Waals surface area contributed by atoms with Gasteiger partial charge in [-0.3, -0.25) is 14.5 Å². The molecule has 1 aliphatic heterocycles. The maximum Gasteiger partial charge on any atom is 0.325 e. The van der Waals surface area contributed by atoms with Gasteiger partial charge in [-0.15, -0.1) is 0 Å². The van der Waals surface area contributed by atoms with Gasteiger partial charge in [0, 0.05) is 19.6 Å². The van der Waals surface area contributed by atoms with Gasteiger partial charge >= 0.3 is 6.03 Å². The minimum atomic E-state index is -3.59. The van der Waals surface area contributed by atoms with Gasteiger partial charge in [0.1, 0.15) is 12.1 Å². The van der Waals surface area contributed by atoms with Crippen LogP contribution in [0.5, 0.6) is 0 Å². The molecule has 2 aromatic rings. The van der Waals surface area contributed by atoms with E-state index in [9.17, 15) is 22.8 Å². The maximum absolute atomic E-state index is 13.1. The van der Waals surface area contributed by atoms with Crippen molar-refractivity contribution in [3.05, 3.63) is 65.7 Å². The number of benzene rings is 2. The third kappa shape index (κ3) is 4.83. The zero-order valence-corrected chi connectivity index (χ0v) is 20.6. The highest BCUT2D eigenvalue weighted by Crippen LogP contribution is 2.32. The molecule has 0 aliphatic carbocycles. The van der Waals surface area contributed by atoms with E-state index in [2.05, 4.69) is 10.6 Å². The lowest BCUT2D eigenvalue weighted by Crippen LogP contribution is -2.44. The van der Waals surface area contributed by atoms with Crippen molar-refractivity contribution < 1.29 is 22.8 Å². The number of hydrogen-bond acceptors (Lipinski definition) is 5. The monoisotopic (exact) mass is 486 g/mol. The third-order valence-corrected chi connectivity index (χ3v) is 8.14. The molecule has 182 valence electrons. The third-order valence-electron chi connectivity index (χ3n) is 6.09. The van der Waals surface area contributed by atoms with Crippen LogP contribution in [0.15, 0.2) is 59.5 Å². The summed E-state index contributed by atoms with van der Waals surface area (Å²) in [6, 6.07) is 14.4. The van der Waals surface area contributed by atoms with Crippen LogP contribution in [0.2, 0.25) is 0 Å². The van der Waals surface area contributed by atoms with E-state index < -0.39 is 40.0 Å². The average molecular weight is 487 g/mol. The van der Waals surface area contributed by atoms with Crippen molar-refractivity contribution in [1.82, 2.24) is 19.8 Å². The fourth-order valence-corrected chi connectivity index (χ4v) is 5.12. The smallest absolute Gasteiger partial charge is 0.325 e. The molecule has 3 rings (SSSR count). The summed E-state index contributed by atoms with van der Waals surface area (Å²) in [5.74, 6) is -0.968. The van der Waals surface area contributed by atoms with E-state index in [4.69, 9.17) is 0 Å². The van der Waals surface area contributed by atoms with E-state index in [1.54, 1.807) is 57.2 Å². The number of hydrogen-bond donors (Lipinski definition) is 2. The van der Waals surface area contributed by atoms with Crippen molar-refractivity contribution in [3.8, 4) is 0 Å². The molecular weight excluding hydrogens is 456 g/mol. The summed E-state index contributed by atoms with van der Waals surface area (Å²) in [5.41, 5.74) is 0.157. The topological polar surface area (TPSA) is 116 Å². The Morgan fingerprint density at radius 1 is 1.09 bits per heavy atom. The standard InChI is InChI=1S/C24H30N4O5S/c1-5-24(19-9-7-6-8-10-19)22(30)28(23(31)26-24)16-21(29)25-15-18-11-13-20(14-12-18)34(32,33)27(4)17(2)3/h6-14,17H,5,15-16H2,1-4H3,(H,25,29)(H,26,31). The molecule has 1 unspecified atom stereocenters. The predicted molar refractivity (Wildman–Crippen MR) is 127 cm³/mol. The number of rotatable bonds is 9. The van der Waals surface area contributed by atoms with Gasteiger partial charge in [0.15, 0.2) is 0 Å². The van der Waals surface area contributed by atoms with Gasteiger partial charge in [-0.1, -0.05) is 49.4 Å². The number of carbonyl (C=O) groups excluding carboxylic acids is 3. The molecule has 4 amide bonds. The maximum atomic E-state index is 13.1. The van der Waals surface area contributed by atoms with E-state index >= 15 is 0 Å². The van der Waals surface area contributed by atoms with E-state index in [1.165, 1.54) is 23.5 Å². The van der Waals surface area contributed by atoms with Crippen molar-refractivity contribution in [3.63, 3.8) is 0 Å². The van der Waals surface area contributed by atoms with Gasteiger partial charge in [-0.25, -0.2) is 13.2 Å². The van der Waals surface area contributed by atoms with E-state index in [1.807, 2.05) is 6.07 Å². The summed E-state index contributed by atoms with van der Waals surface area (Å²) in [4.78, 5) is 39.2. The molecule has 0 radical (unpaired) electrons. The van der Waals surface area contributed by atoms with Gasteiger partial charge < -0.3 is 10.6 Å². The Balaban J connectivity index is 1.63. The van der Waals surface area contributed by atoms with Crippen molar-refractivity contribution in [2.24, 2.45) is 0 Å². The molecule has 1 saturated heterocycles. The first-order chi connectivity index (χ1) is 16.0. The van der Waals surface area contributed by atoms with Crippen LogP contribution in [0.1, 0.15) is 38.3 Å². The summed E-state index contributed by atoms with van der Waals surface area (Å²) in [5, 5.41) is 5.42. The van der Waals surface area contributed by atoms with Gasteiger partial charge in [0.25, 0.3) is 5.91 Å². The Morgan fingerprint density at radius 2 is 1.71 bits per heavy atom. The lowest BCUT2D eigenvalue weighted by molar-refractivity contribution is -0.135. The van der Waals surface area contributed by atoms with Gasteiger partial charge in [-0.05, 0) is 43.5 Å². The molecule has 0 bridgehead atoms. The summed E-state index contributed by atoms with van der Waals surface area (Å²) < 4.78 is 26.4. The van der Waals surface area contributed by atoms with Crippen LogP contribution in [0.25, 0.3) is 0 Å². The average Bonchev–Trinajstić information content (AvgIpc) is 3.08. The number of sulfonamides is 1. The normalized spacial score (nSPS) is 18.5. The molecule has 2 N–H and O–H groups in total. The highest BCUT2D eigenvalue weighted by atomic mass is 32.2. The fourth-order valence-electron chi connectivity index (χ4n) is 3.76. The van der Waals surface area contributed by atoms with E-state index in [0.29, 0.717) is 17.5 Å². The predicted octanol–water partition coefficient (Wildman–Crippen LogP) is 2.19. The van der Waals surface area contributed by atoms with Crippen LogP contribution in [-0.2, 0) is 31.7 Å². The van der Waals surface area contributed by atoms with Crippen molar-refractivity contribution in [1.29, 1.82) is 0 Å². The van der Waals surface area contributed by atoms with Gasteiger partial charge in [0.05, 0.1) is 4.90 Å². The molecular formula is C24H30N4O5S. The molecule has 0 saturated carbocycles. The second-order valence-corrected chi connectivity index (χ2v) is 10.5. The first-order valence-electron chi connectivity index (χ1n) is 11.1. The quantitative estimate of drug-likeness (QED) is 0.527. The Morgan fingerprint density at radius 3 is 2.26 bits per heavy atom. The second kappa shape index (κ2) is 9.94. The number of nitrogens with zero attached hydrogens (tertiary/aromatic N) is 2. The van der Waals surface area contributed by atoms with Gasteiger partial charge in [0.2, 0.25) is 15.9 Å². The molecule has 2 aromatic carbocycles. The number of imide groups is 1. The Hall–Kier alpha value is -3.24. The Bertz CT molecular complexity index is 1170. The van der Waals surface area contributed by atoms with Crippen molar-refractivity contribution in [2.45, 2.75) is 50.2 Å². The van der Waals surface area contributed by atoms with Crippen molar-refractivity contribution in [2.75, 3.05) is 13.6 Å². The van der Waals surface area contributed by atoms with Crippen LogP contribution >= 0.6 is 0 Å². The molecule has 1 atom stereocenters. The molecule has 0 spiro atoms. The number of nitrogens with one attached hydrogen (secondary N) is 2. The zero-order chi connectivity index (χ0) is 25.1. The fraction of sp³-hybridized carbons (Fsp3) is 0.375. The molecule has 9 nitrogen and oxygen atoms in total. The molecule has 34 heavy (non-hydrogen) atoms. The summed E-state index contributed by atoms with van der Waals surface area (Å²) in [6.07, 6.45) is 0.348. The van der Waals surface area contributed by atoms with E-state index in [-0.39, 0.29) is 17.5 Å². The number of carbonyl (C=O) groups is 3. The number of urea groups is 1. The Kier molecular flexibility index (Phi) is 7.42. The zero-order valence-electron chi connectivity index (χ0n) is 19.7. The van der Waals surface area contributed by atoms with Crippen LogP contribution < -0.4 is 10.6 Å². The van der Waals surface area contributed by atoms with E-state index in [0.717, 1.165) is 4.90 Å². The lowest BCUT2D eigenvalue weighted by atomic mass is 9.87. The minimum absolute atomic E-state index is 0.125. The molecule has 1 heterocycles. The molecule has 1 aliphatic rings. The SMILES string of the molecule is CCC1(c2ccccc2)NC(=O)N(CC(=O)NCc2ccc(S(=O)(=O)N(C)C(C)C)cc2)C1=O. The minimum Gasteiger partial charge on any atom is -0.350 e. The molecule has 1 fully saturated rings. The lowest BCUT2D eigenvalue weighted by Gasteiger charge is -2.25. The largest absolute Gasteiger partial charge is 0.350 e.